The Balaban J connectivity index is 1.86. The van der Waals surface area contributed by atoms with Crippen LogP contribution in [-0.2, 0) is 17.1 Å². The van der Waals surface area contributed by atoms with Crippen LogP contribution in [-0.4, -0.2) is 47.7 Å². The van der Waals surface area contributed by atoms with Crippen molar-refractivity contribution in [3.05, 3.63) is 18.2 Å². The SMILES string of the molecule is Cn1ccnc1C1CNCCN1S(=O)(=O)CC1CC1. The van der Waals surface area contributed by atoms with Crippen LogP contribution in [0.5, 0.6) is 0 Å². The molecule has 1 unspecified atom stereocenters. The van der Waals surface area contributed by atoms with Gasteiger partial charge in [0.1, 0.15) is 5.82 Å². The summed E-state index contributed by atoms with van der Waals surface area (Å²) >= 11 is 0. The van der Waals surface area contributed by atoms with Crippen LogP contribution in [0, 0.1) is 5.92 Å². The second-order valence-electron chi connectivity index (χ2n) is 5.45. The first-order valence-corrected chi connectivity index (χ1v) is 8.36. The van der Waals surface area contributed by atoms with E-state index in [9.17, 15) is 8.42 Å². The molecule has 1 aliphatic heterocycles. The summed E-state index contributed by atoms with van der Waals surface area (Å²) in [5, 5.41) is 3.26. The van der Waals surface area contributed by atoms with Gasteiger partial charge in [-0.1, -0.05) is 0 Å². The fourth-order valence-electron chi connectivity index (χ4n) is 2.62. The van der Waals surface area contributed by atoms with Crippen LogP contribution in [0.4, 0.5) is 0 Å². The molecule has 1 aromatic rings. The highest BCUT2D eigenvalue weighted by Crippen LogP contribution is 2.33. The maximum absolute atomic E-state index is 12.5. The molecular formula is C12H20N4O2S. The third-order valence-corrected chi connectivity index (χ3v) is 5.90. The molecule has 1 saturated carbocycles. The minimum atomic E-state index is -3.17. The Kier molecular flexibility index (Phi) is 3.36. The number of hydrogen-bond acceptors (Lipinski definition) is 4. The van der Waals surface area contributed by atoms with Crippen molar-refractivity contribution in [2.75, 3.05) is 25.4 Å². The maximum atomic E-state index is 12.5. The first-order chi connectivity index (χ1) is 9.08. The molecule has 1 aromatic heterocycles. The molecule has 1 N–H and O–H groups in total. The Bertz CT molecular complexity index is 550. The van der Waals surface area contributed by atoms with Crippen molar-refractivity contribution >= 4 is 10.0 Å². The van der Waals surface area contributed by atoms with Gasteiger partial charge in [0.15, 0.2) is 0 Å². The Hall–Kier alpha value is -0.920. The number of nitrogens with one attached hydrogen (secondary N) is 1. The molecular weight excluding hydrogens is 264 g/mol. The van der Waals surface area contributed by atoms with Gasteiger partial charge in [-0.05, 0) is 18.8 Å². The van der Waals surface area contributed by atoms with Crippen molar-refractivity contribution in [3.63, 3.8) is 0 Å². The third-order valence-electron chi connectivity index (χ3n) is 3.85. The molecule has 3 rings (SSSR count). The van der Waals surface area contributed by atoms with Gasteiger partial charge in [-0.15, -0.1) is 0 Å². The van der Waals surface area contributed by atoms with Crippen molar-refractivity contribution in [1.29, 1.82) is 0 Å². The quantitative estimate of drug-likeness (QED) is 0.852. The number of hydrogen-bond donors (Lipinski definition) is 1. The molecule has 2 heterocycles. The van der Waals surface area contributed by atoms with Crippen molar-refractivity contribution in [1.82, 2.24) is 19.2 Å². The lowest BCUT2D eigenvalue weighted by Crippen LogP contribution is -2.50. The number of nitrogens with zero attached hydrogens (tertiary/aromatic N) is 3. The van der Waals surface area contributed by atoms with Crippen molar-refractivity contribution in [3.8, 4) is 0 Å². The van der Waals surface area contributed by atoms with E-state index >= 15 is 0 Å². The topological polar surface area (TPSA) is 67.2 Å². The molecule has 106 valence electrons. The van der Waals surface area contributed by atoms with Gasteiger partial charge in [0.25, 0.3) is 0 Å². The predicted molar refractivity (Wildman–Crippen MR) is 72.0 cm³/mol. The molecule has 2 aliphatic rings. The predicted octanol–water partition coefficient (Wildman–Crippen LogP) is 0.106. The summed E-state index contributed by atoms with van der Waals surface area (Å²) in [6, 6.07) is -0.183. The number of imidazole rings is 1. The van der Waals surface area contributed by atoms with Crippen LogP contribution in [0.1, 0.15) is 24.7 Å². The maximum Gasteiger partial charge on any atom is 0.215 e. The average molecular weight is 284 g/mol. The van der Waals surface area contributed by atoms with E-state index in [0.717, 1.165) is 18.7 Å². The summed E-state index contributed by atoms with van der Waals surface area (Å²) in [4.78, 5) is 4.31. The molecule has 0 aromatic carbocycles. The lowest BCUT2D eigenvalue weighted by molar-refractivity contribution is 0.258. The number of rotatable bonds is 4. The summed E-state index contributed by atoms with van der Waals surface area (Å²) in [7, 11) is -1.27. The van der Waals surface area contributed by atoms with E-state index in [2.05, 4.69) is 10.3 Å². The van der Waals surface area contributed by atoms with E-state index < -0.39 is 10.0 Å². The molecule has 7 heteroatoms. The highest BCUT2D eigenvalue weighted by atomic mass is 32.2. The molecule has 1 saturated heterocycles. The van der Waals surface area contributed by atoms with Crippen LogP contribution in [0.15, 0.2) is 12.4 Å². The Morgan fingerprint density at radius 3 is 2.89 bits per heavy atom. The second kappa shape index (κ2) is 4.88. The fraction of sp³-hybridized carbons (Fsp3) is 0.750. The molecule has 2 fully saturated rings. The number of sulfonamides is 1. The fourth-order valence-corrected chi connectivity index (χ4v) is 4.66. The second-order valence-corrected chi connectivity index (χ2v) is 7.42. The number of aromatic nitrogens is 2. The average Bonchev–Trinajstić information content (AvgIpc) is 3.07. The van der Waals surface area contributed by atoms with Gasteiger partial charge in [-0.2, -0.15) is 4.31 Å². The van der Waals surface area contributed by atoms with Gasteiger partial charge in [-0.25, -0.2) is 13.4 Å². The normalized spacial score (nSPS) is 25.6. The van der Waals surface area contributed by atoms with Crippen LogP contribution >= 0.6 is 0 Å². The largest absolute Gasteiger partial charge is 0.337 e. The van der Waals surface area contributed by atoms with Gasteiger partial charge in [0, 0.05) is 39.1 Å². The molecule has 0 amide bonds. The van der Waals surface area contributed by atoms with Gasteiger partial charge in [0.05, 0.1) is 11.8 Å². The summed E-state index contributed by atoms with van der Waals surface area (Å²) in [5.74, 6) is 1.49. The summed E-state index contributed by atoms with van der Waals surface area (Å²) in [6.07, 6.45) is 5.68. The summed E-state index contributed by atoms with van der Waals surface area (Å²) in [5.41, 5.74) is 0. The van der Waals surface area contributed by atoms with Crippen LogP contribution in [0.2, 0.25) is 0 Å². The highest BCUT2D eigenvalue weighted by Gasteiger charge is 2.38. The Morgan fingerprint density at radius 2 is 2.26 bits per heavy atom. The molecule has 0 bridgehead atoms. The molecule has 0 spiro atoms. The lowest BCUT2D eigenvalue weighted by Gasteiger charge is -2.34. The van der Waals surface area contributed by atoms with Crippen LogP contribution in [0.25, 0.3) is 0 Å². The standard InChI is InChI=1S/C12H20N4O2S/c1-15-6-5-14-12(15)11-8-13-4-7-16(11)19(17,18)9-10-2-3-10/h5-6,10-11,13H,2-4,7-9H2,1H3. The van der Waals surface area contributed by atoms with Crippen molar-refractivity contribution in [2.45, 2.75) is 18.9 Å². The number of piperazine rings is 1. The Morgan fingerprint density at radius 1 is 1.47 bits per heavy atom. The minimum Gasteiger partial charge on any atom is -0.337 e. The van der Waals surface area contributed by atoms with Gasteiger partial charge >= 0.3 is 0 Å². The summed E-state index contributed by atoms with van der Waals surface area (Å²) in [6.45, 7) is 1.88. The van der Waals surface area contributed by atoms with E-state index in [0.29, 0.717) is 31.3 Å². The zero-order valence-electron chi connectivity index (χ0n) is 11.1. The monoisotopic (exact) mass is 284 g/mol. The van der Waals surface area contributed by atoms with E-state index in [1.54, 1.807) is 10.5 Å². The van der Waals surface area contributed by atoms with E-state index in [1.165, 1.54) is 0 Å². The lowest BCUT2D eigenvalue weighted by atomic mass is 10.2. The molecule has 1 atom stereocenters. The molecule has 6 nitrogen and oxygen atoms in total. The van der Waals surface area contributed by atoms with Gasteiger partial charge < -0.3 is 9.88 Å². The van der Waals surface area contributed by atoms with E-state index in [4.69, 9.17) is 0 Å². The van der Waals surface area contributed by atoms with Crippen LogP contribution < -0.4 is 5.32 Å². The molecule has 1 aliphatic carbocycles. The summed E-state index contributed by atoms with van der Waals surface area (Å²) < 4.78 is 28.6. The van der Waals surface area contributed by atoms with E-state index in [1.807, 2.05) is 17.8 Å². The van der Waals surface area contributed by atoms with Crippen molar-refractivity contribution in [2.24, 2.45) is 13.0 Å². The van der Waals surface area contributed by atoms with E-state index in [-0.39, 0.29) is 6.04 Å². The molecule has 19 heavy (non-hydrogen) atoms. The van der Waals surface area contributed by atoms with Gasteiger partial charge in [-0.3, -0.25) is 0 Å². The molecule has 0 radical (unpaired) electrons. The smallest absolute Gasteiger partial charge is 0.215 e. The number of aryl methyl sites for hydroxylation is 1. The van der Waals surface area contributed by atoms with Gasteiger partial charge in [0.2, 0.25) is 10.0 Å². The Labute approximate surface area is 113 Å². The van der Waals surface area contributed by atoms with Crippen LogP contribution in [0.3, 0.4) is 0 Å². The zero-order valence-corrected chi connectivity index (χ0v) is 11.9. The highest BCUT2D eigenvalue weighted by molar-refractivity contribution is 7.89. The third kappa shape index (κ3) is 2.68. The minimum absolute atomic E-state index is 0.183. The first-order valence-electron chi connectivity index (χ1n) is 6.75. The first kappa shape index (κ1) is 13.1. The zero-order chi connectivity index (χ0) is 13.5. The van der Waals surface area contributed by atoms with Crippen molar-refractivity contribution < 1.29 is 8.42 Å².